The Morgan fingerprint density at radius 3 is 3.14 bits per heavy atom. The number of hydrogen-bond donors (Lipinski definition) is 1. The number of rotatable bonds is 3. The second kappa shape index (κ2) is 3.96. The third-order valence-electron chi connectivity index (χ3n) is 2.97. The van der Waals surface area contributed by atoms with E-state index in [0.717, 1.165) is 26.2 Å². The van der Waals surface area contributed by atoms with E-state index in [1.807, 2.05) is 11.6 Å². The van der Waals surface area contributed by atoms with Gasteiger partial charge in [0.25, 0.3) is 0 Å². The Bertz CT molecular complexity index is 286. The minimum atomic E-state index is 0.331. The summed E-state index contributed by atoms with van der Waals surface area (Å²) in [4.78, 5) is 6.75. The van der Waals surface area contributed by atoms with Crippen LogP contribution >= 0.6 is 11.3 Å². The van der Waals surface area contributed by atoms with Crippen LogP contribution in [-0.2, 0) is 6.54 Å². The number of nitrogens with zero attached hydrogens (tertiary/aromatic N) is 2. The molecule has 0 saturated carbocycles. The molecule has 1 fully saturated rings. The van der Waals surface area contributed by atoms with E-state index >= 15 is 0 Å². The number of hydrogen-bond acceptors (Lipinski definition) is 4. The molecular formula is C10H17N3S. The number of likely N-dealkylation sites (tertiary alicyclic amines) is 1. The van der Waals surface area contributed by atoms with Crippen LogP contribution in [0.1, 0.15) is 18.4 Å². The molecule has 1 aliphatic rings. The summed E-state index contributed by atoms with van der Waals surface area (Å²) in [6.45, 7) is 6.33. The summed E-state index contributed by atoms with van der Waals surface area (Å²) < 4.78 is 0. The molecular weight excluding hydrogens is 194 g/mol. The molecule has 2 N–H and O–H groups in total. The van der Waals surface area contributed by atoms with Crippen molar-refractivity contribution in [3.8, 4) is 0 Å². The number of thiazole rings is 1. The fraction of sp³-hybridized carbons (Fsp3) is 0.700. The minimum Gasteiger partial charge on any atom is -0.330 e. The van der Waals surface area contributed by atoms with Gasteiger partial charge in [0.1, 0.15) is 5.01 Å². The third kappa shape index (κ3) is 2.13. The van der Waals surface area contributed by atoms with Gasteiger partial charge in [-0.25, -0.2) is 4.98 Å². The largest absolute Gasteiger partial charge is 0.330 e. The van der Waals surface area contributed by atoms with Gasteiger partial charge >= 0.3 is 0 Å². The lowest BCUT2D eigenvalue weighted by Crippen LogP contribution is -2.31. The topological polar surface area (TPSA) is 42.1 Å². The van der Waals surface area contributed by atoms with Gasteiger partial charge in [-0.05, 0) is 24.9 Å². The highest BCUT2D eigenvalue weighted by atomic mass is 32.1. The van der Waals surface area contributed by atoms with Gasteiger partial charge in [0.15, 0.2) is 0 Å². The van der Waals surface area contributed by atoms with Gasteiger partial charge in [-0.1, -0.05) is 6.92 Å². The molecule has 0 aromatic carbocycles. The highest BCUT2D eigenvalue weighted by Gasteiger charge is 2.32. The smallest absolute Gasteiger partial charge is 0.107 e. The molecule has 14 heavy (non-hydrogen) atoms. The van der Waals surface area contributed by atoms with Gasteiger partial charge in [0.2, 0.25) is 0 Å². The Morgan fingerprint density at radius 1 is 1.71 bits per heavy atom. The molecule has 1 aliphatic heterocycles. The van der Waals surface area contributed by atoms with Crippen molar-refractivity contribution in [1.29, 1.82) is 0 Å². The van der Waals surface area contributed by atoms with E-state index in [1.165, 1.54) is 11.4 Å². The number of aromatic nitrogens is 1. The van der Waals surface area contributed by atoms with Crippen LogP contribution in [0.3, 0.4) is 0 Å². The van der Waals surface area contributed by atoms with E-state index in [2.05, 4.69) is 16.8 Å². The van der Waals surface area contributed by atoms with Crippen LogP contribution in [0.15, 0.2) is 11.6 Å². The van der Waals surface area contributed by atoms with Gasteiger partial charge in [-0.15, -0.1) is 11.3 Å². The van der Waals surface area contributed by atoms with Crippen molar-refractivity contribution < 1.29 is 0 Å². The second-order valence-corrected chi connectivity index (χ2v) is 5.38. The van der Waals surface area contributed by atoms with Gasteiger partial charge < -0.3 is 5.73 Å². The average molecular weight is 211 g/mol. The zero-order valence-electron chi connectivity index (χ0n) is 8.57. The normalized spacial score (nSPS) is 28.4. The zero-order chi connectivity index (χ0) is 10.0. The van der Waals surface area contributed by atoms with Crippen molar-refractivity contribution in [3.63, 3.8) is 0 Å². The first-order chi connectivity index (χ1) is 6.72. The average Bonchev–Trinajstić information content (AvgIpc) is 2.78. The zero-order valence-corrected chi connectivity index (χ0v) is 9.39. The van der Waals surface area contributed by atoms with Crippen LogP contribution in [0.5, 0.6) is 0 Å². The standard InChI is InChI=1S/C10H17N3S/c1-10(7-11)2-4-13(8-10)6-9-12-3-5-14-9/h3,5H,2,4,6-8,11H2,1H3. The van der Waals surface area contributed by atoms with Crippen molar-refractivity contribution in [2.45, 2.75) is 19.9 Å². The fourth-order valence-corrected chi connectivity index (χ4v) is 2.61. The predicted molar refractivity (Wildman–Crippen MR) is 59.2 cm³/mol. The monoisotopic (exact) mass is 211 g/mol. The summed E-state index contributed by atoms with van der Waals surface area (Å²) in [5.41, 5.74) is 6.09. The third-order valence-corrected chi connectivity index (χ3v) is 3.74. The van der Waals surface area contributed by atoms with E-state index in [9.17, 15) is 0 Å². The molecule has 0 spiro atoms. The minimum absolute atomic E-state index is 0.331. The first-order valence-corrected chi connectivity index (χ1v) is 5.91. The summed E-state index contributed by atoms with van der Waals surface area (Å²) >= 11 is 1.73. The molecule has 0 bridgehead atoms. The SMILES string of the molecule is CC1(CN)CCN(Cc2nccs2)C1. The van der Waals surface area contributed by atoms with Gasteiger partial charge in [-0.2, -0.15) is 0 Å². The highest BCUT2D eigenvalue weighted by Crippen LogP contribution is 2.29. The summed E-state index contributed by atoms with van der Waals surface area (Å²) in [5, 5.41) is 3.25. The van der Waals surface area contributed by atoms with Crippen LogP contribution in [0, 0.1) is 5.41 Å². The van der Waals surface area contributed by atoms with Crippen molar-refractivity contribution in [1.82, 2.24) is 9.88 Å². The molecule has 1 aromatic rings. The Balaban J connectivity index is 1.90. The van der Waals surface area contributed by atoms with Crippen LogP contribution < -0.4 is 5.73 Å². The maximum absolute atomic E-state index is 5.76. The molecule has 2 heterocycles. The van der Waals surface area contributed by atoms with E-state index in [4.69, 9.17) is 5.73 Å². The van der Waals surface area contributed by atoms with E-state index < -0.39 is 0 Å². The Hall–Kier alpha value is -0.450. The van der Waals surface area contributed by atoms with E-state index in [-0.39, 0.29) is 0 Å². The second-order valence-electron chi connectivity index (χ2n) is 4.40. The Kier molecular flexibility index (Phi) is 2.85. The van der Waals surface area contributed by atoms with Crippen LogP contribution in [0.4, 0.5) is 0 Å². The van der Waals surface area contributed by atoms with Crippen molar-refractivity contribution in [3.05, 3.63) is 16.6 Å². The molecule has 0 amide bonds. The van der Waals surface area contributed by atoms with Crippen LogP contribution in [-0.4, -0.2) is 29.5 Å². The summed E-state index contributed by atoms with van der Waals surface area (Å²) in [6.07, 6.45) is 3.09. The van der Waals surface area contributed by atoms with Gasteiger partial charge in [0, 0.05) is 18.1 Å². The lowest BCUT2D eigenvalue weighted by molar-refractivity contribution is 0.274. The van der Waals surface area contributed by atoms with Crippen LogP contribution in [0.25, 0.3) is 0 Å². The summed E-state index contributed by atoms with van der Waals surface area (Å²) in [7, 11) is 0. The Morgan fingerprint density at radius 2 is 2.57 bits per heavy atom. The van der Waals surface area contributed by atoms with Gasteiger partial charge in [-0.3, -0.25) is 4.90 Å². The molecule has 3 nitrogen and oxygen atoms in total. The molecule has 1 atom stereocenters. The molecule has 1 unspecified atom stereocenters. The molecule has 1 saturated heterocycles. The van der Waals surface area contributed by atoms with Gasteiger partial charge in [0.05, 0.1) is 6.54 Å². The molecule has 78 valence electrons. The quantitative estimate of drug-likeness (QED) is 0.820. The Labute approximate surface area is 88.9 Å². The van der Waals surface area contributed by atoms with Crippen molar-refractivity contribution in [2.75, 3.05) is 19.6 Å². The molecule has 1 aromatic heterocycles. The molecule has 4 heteroatoms. The fourth-order valence-electron chi connectivity index (χ4n) is 1.95. The van der Waals surface area contributed by atoms with Crippen molar-refractivity contribution >= 4 is 11.3 Å². The van der Waals surface area contributed by atoms with E-state index in [1.54, 1.807) is 11.3 Å². The lowest BCUT2D eigenvalue weighted by Gasteiger charge is -2.21. The summed E-state index contributed by atoms with van der Waals surface area (Å²) in [6, 6.07) is 0. The van der Waals surface area contributed by atoms with E-state index in [0.29, 0.717) is 5.41 Å². The summed E-state index contributed by atoms with van der Waals surface area (Å²) in [5.74, 6) is 0. The molecule has 0 radical (unpaired) electrons. The predicted octanol–water partition coefficient (Wildman–Crippen LogP) is 1.31. The highest BCUT2D eigenvalue weighted by molar-refractivity contribution is 7.09. The lowest BCUT2D eigenvalue weighted by atomic mass is 9.90. The first kappa shape index (κ1) is 10.1. The number of nitrogens with two attached hydrogens (primary N) is 1. The first-order valence-electron chi connectivity index (χ1n) is 5.03. The molecule has 2 rings (SSSR count). The maximum Gasteiger partial charge on any atom is 0.107 e. The molecule has 0 aliphatic carbocycles. The maximum atomic E-state index is 5.76. The van der Waals surface area contributed by atoms with Crippen molar-refractivity contribution in [2.24, 2.45) is 11.1 Å². The van der Waals surface area contributed by atoms with Crippen LogP contribution in [0.2, 0.25) is 0 Å².